The first kappa shape index (κ1) is 22.0. The first-order valence-electron chi connectivity index (χ1n) is 8.70. The van der Waals surface area contributed by atoms with Crippen LogP contribution in [0.3, 0.4) is 0 Å². The second kappa shape index (κ2) is 9.24. The number of benzene rings is 2. The molecular formula is C19H24FN3O4S. The second-order valence-corrected chi connectivity index (χ2v) is 8.36. The molecule has 152 valence electrons. The van der Waals surface area contributed by atoms with E-state index in [1.165, 1.54) is 25.4 Å². The van der Waals surface area contributed by atoms with E-state index >= 15 is 0 Å². The van der Waals surface area contributed by atoms with E-state index in [4.69, 9.17) is 10.9 Å². The molecule has 1 atom stereocenters. The Bertz CT molecular complexity index is 933. The summed E-state index contributed by atoms with van der Waals surface area (Å²) >= 11 is 0. The summed E-state index contributed by atoms with van der Waals surface area (Å²) in [6.07, 6.45) is 0.695. The van der Waals surface area contributed by atoms with Gasteiger partial charge >= 0.3 is 0 Å². The summed E-state index contributed by atoms with van der Waals surface area (Å²) in [6.45, 7) is 3.22. The summed E-state index contributed by atoms with van der Waals surface area (Å²) < 4.78 is 40.8. The Balaban J connectivity index is 2.43. The van der Waals surface area contributed by atoms with Crippen LogP contribution >= 0.6 is 0 Å². The van der Waals surface area contributed by atoms with Crippen molar-refractivity contribution < 1.29 is 22.8 Å². The Morgan fingerprint density at radius 3 is 2.36 bits per heavy atom. The van der Waals surface area contributed by atoms with Crippen molar-refractivity contribution in [3.05, 3.63) is 65.0 Å². The molecule has 0 spiro atoms. The van der Waals surface area contributed by atoms with Crippen molar-refractivity contribution in [3.63, 3.8) is 0 Å². The first-order chi connectivity index (χ1) is 13.2. The smallest absolute Gasteiger partial charge is 0.261 e. The van der Waals surface area contributed by atoms with Crippen molar-refractivity contribution in [3.8, 4) is 0 Å². The zero-order valence-corrected chi connectivity index (χ0v) is 16.5. The molecule has 0 aliphatic heterocycles. The zero-order chi connectivity index (χ0) is 20.9. The van der Waals surface area contributed by atoms with Crippen molar-refractivity contribution in [2.45, 2.75) is 37.8 Å². The molecule has 0 bridgehead atoms. The molecule has 7 nitrogen and oxygen atoms in total. The Kier molecular flexibility index (Phi) is 7.25. The minimum Gasteiger partial charge on any atom is -0.330 e. The number of sulfonamides is 1. The molecule has 2 aromatic rings. The van der Waals surface area contributed by atoms with Gasteiger partial charge in [0.05, 0.1) is 4.90 Å². The number of rotatable bonds is 8. The monoisotopic (exact) mass is 409 g/mol. The molecule has 0 fully saturated rings. The summed E-state index contributed by atoms with van der Waals surface area (Å²) in [6, 6.07) is 9.43. The number of hydrogen-bond acceptors (Lipinski definition) is 5. The van der Waals surface area contributed by atoms with E-state index in [1.807, 2.05) is 12.1 Å². The van der Waals surface area contributed by atoms with Crippen LogP contribution in [0.25, 0.3) is 0 Å². The van der Waals surface area contributed by atoms with Crippen molar-refractivity contribution in [1.29, 1.82) is 0 Å². The molecule has 9 heteroatoms. The molecular weight excluding hydrogens is 385 g/mol. The molecule has 0 saturated heterocycles. The number of nitrogens with one attached hydrogen (secondary N) is 1. The molecule has 0 aromatic heterocycles. The summed E-state index contributed by atoms with van der Waals surface area (Å²) in [5.74, 6) is -1.40. The number of carbonyl (C=O) groups is 1. The number of aryl methyl sites for hydroxylation is 1. The number of carbonyl (C=O) groups excluding carboxylic acids is 1. The molecule has 0 unspecified atom stereocenters. The van der Waals surface area contributed by atoms with Gasteiger partial charge in [-0.15, -0.1) is 0 Å². The molecule has 2 rings (SSSR count). The van der Waals surface area contributed by atoms with Crippen LogP contribution in [0.1, 0.15) is 23.6 Å². The Morgan fingerprint density at radius 2 is 1.82 bits per heavy atom. The van der Waals surface area contributed by atoms with E-state index in [0.29, 0.717) is 18.5 Å². The highest BCUT2D eigenvalue weighted by Crippen LogP contribution is 2.23. The summed E-state index contributed by atoms with van der Waals surface area (Å²) in [7, 11) is -4.14. The maximum atomic E-state index is 13.6. The van der Waals surface area contributed by atoms with E-state index in [0.717, 1.165) is 22.0 Å². The highest BCUT2D eigenvalue weighted by molar-refractivity contribution is 7.89. The van der Waals surface area contributed by atoms with Gasteiger partial charge in [0, 0.05) is 6.54 Å². The van der Waals surface area contributed by atoms with Gasteiger partial charge in [0.15, 0.2) is 0 Å². The normalized spacial score (nSPS) is 12.8. The number of amides is 1. The quantitative estimate of drug-likeness (QED) is 0.454. The summed E-state index contributed by atoms with van der Waals surface area (Å²) in [4.78, 5) is 11.8. The Labute approximate surface area is 164 Å². The molecule has 2 aromatic carbocycles. The second-order valence-electron chi connectivity index (χ2n) is 6.47. The van der Waals surface area contributed by atoms with E-state index < -0.39 is 27.8 Å². The predicted octanol–water partition coefficient (Wildman–Crippen LogP) is 1.72. The van der Waals surface area contributed by atoms with Gasteiger partial charge in [-0.25, -0.2) is 18.3 Å². The molecule has 1 amide bonds. The molecule has 0 saturated carbocycles. The SMILES string of the molecule is Cc1cc(S(=O)(=O)N(Cc2ccc(CCN)cc2)[C@H](C)C(=O)NO)ccc1F. The van der Waals surface area contributed by atoms with Crippen molar-refractivity contribution in [2.24, 2.45) is 5.73 Å². The van der Waals surface area contributed by atoms with Crippen LogP contribution in [0.2, 0.25) is 0 Å². The molecule has 0 heterocycles. The lowest BCUT2D eigenvalue weighted by molar-refractivity contribution is -0.132. The lowest BCUT2D eigenvalue weighted by Gasteiger charge is -2.27. The van der Waals surface area contributed by atoms with E-state index in [9.17, 15) is 17.6 Å². The Hall–Kier alpha value is -2.33. The van der Waals surface area contributed by atoms with Crippen LogP contribution in [-0.2, 0) is 27.8 Å². The zero-order valence-electron chi connectivity index (χ0n) is 15.7. The molecule has 0 aliphatic rings. The molecule has 0 aliphatic carbocycles. The van der Waals surface area contributed by atoms with Crippen LogP contribution < -0.4 is 11.2 Å². The first-order valence-corrected chi connectivity index (χ1v) is 10.1. The number of nitrogens with two attached hydrogens (primary N) is 1. The molecule has 0 radical (unpaired) electrons. The molecule has 4 N–H and O–H groups in total. The minimum absolute atomic E-state index is 0.101. The van der Waals surface area contributed by atoms with Gasteiger partial charge in [0.25, 0.3) is 5.91 Å². The average molecular weight is 409 g/mol. The van der Waals surface area contributed by atoms with Crippen molar-refractivity contribution in [2.75, 3.05) is 6.54 Å². The van der Waals surface area contributed by atoms with Gasteiger partial charge in [0.2, 0.25) is 10.0 Å². The standard InChI is InChI=1S/C19H24FN3O4S/c1-13-11-17(7-8-18(13)20)28(26,27)23(14(2)19(24)22-25)12-16-5-3-15(4-6-16)9-10-21/h3-8,11,14,25H,9-10,12,21H2,1-2H3,(H,22,24)/t14-/m1/s1. The fourth-order valence-corrected chi connectivity index (χ4v) is 4.39. The lowest BCUT2D eigenvalue weighted by atomic mass is 10.1. The number of hydrogen-bond donors (Lipinski definition) is 3. The fraction of sp³-hybridized carbons (Fsp3) is 0.316. The minimum atomic E-state index is -4.14. The maximum Gasteiger partial charge on any atom is 0.261 e. The molecule has 28 heavy (non-hydrogen) atoms. The summed E-state index contributed by atoms with van der Waals surface area (Å²) in [5.41, 5.74) is 8.85. The van der Waals surface area contributed by atoms with Gasteiger partial charge < -0.3 is 5.73 Å². The van der Waals surface area contributed by atoms with E-state index in [1.54, 1.807) is 12.1 Å². The van der Waals surface area contributed by atoms with Gasteiger partial charge in [-0.3, -0.25) is 10.0 Å². The van der Waals surface area contributed by atoms with E-state index in [2.05, 4.69) is 0 Å². The van der Waals surface area contributed by atoms with Crippen molar-refractivity contribution >= 4 is 15.9 Å². The largest absolute Gasteiger partial charge is 0.330 e. The third kappa shape index (κ3) is 4.93. The number of hydroxylamine groups is 1. The topological polar surface area (TPSA) is 113 Å². The van der Waals surface area contributed by atoms with Gasteiger partial charge in [-0.05, 0) is 61.7 Å². The fourth-order valence-electron chi connectivity index (χ4n) is 2.73. The van der Waals surface area contributed by atoms with Gasteiger partial charge in [-0.2, -0.15) is 4.31 Å². The van der Waals surface area contributed by atoms with Crippen LogP contribution in [-0.4, -0.2) is 36.4 Å². The Morgan fingerprint density at radius 1 is 1.21 bits per heavy atom. The number of halogens is 1. The maximum absolute atomic E-state index is 13.6. The van der Waals surface area contributed by atoms with Gasteiger partial charge in [-0.1, -0.05) is 24.3 Å². The predicted molar refractivity (Wildman–Crippen MR) is 102 cm³/mol. The third-order valence-electron chi connectivity index (χ3n) is 4.45. The average Bonchev–Trinajstić information content (AvgIpc) is 2.68. The third-order valence-corrected chi connectivity index (χ3v) is 6.36. The summed E-state index contributed by atoms with van der Waals surface area (Å²) in [5, 5.41) is 8.95. The van der Waals surface area contributed by atoms with Gasteiger partial charge in [0.1, 0.15) is 11.9 Å². The van der Waals surface area contributed by atoms with Crippen LogP contribution in [0.15, 0.2) is 47.4 Å². The van der Waals surface area contributed by atoms with Crippen LogP contribution in [0.4, 0.5) is 4.39 Å². The van der Waals surface area contributed by atoms with Crippen molar-refractivity contribution in [1.82, 2.24) is 9.79 Å². The lowest BCUT2D eigenvalue weighted by Crippen LogP contribution is -2.46. The highest BCUT2D eigenvalue weighted by Gasteiger charge is 2.33. The van der Waals surface area contributed by atoms with E-state index in [-0.39, 0.29) is 17.0 Å². The van der Waals surface area contributed by atoms with Crippen LogP contribution in [0.5, 0.6) is 0 Å². The number of nitrogens with zero attached hydrogens (tertiary/aromatic N) is 1. The van der Waals surface area contributed by atoms with Crippen LogP contribution in [0, 0.1) is 12.7 Å². The highest BCUT2D eigenvalue weighted by atomic mass is 32.2.